The van der Waals surface area contributed by atoms with Crippen LogP contribution in [0.15, 0.2) is 0 Å². The molecule has 0 amide bonds. The van der Waals surface area contributed by atoms with Crippen molar-refractivity contribution in [3.8, 4) is 0 Å². The highest BCUT2D eigenvalue weighted by Gasteiger charge is 2.37. The van der Waals surface area contributed by atoms with Crippen molar-refractivity contribution in [2.24, 2.45) is 5.92 Å². The number of rotatable bonds is 7. The molecular weight excluding hydrogens is 206 g/mol. The number of hydrogen-bond donors (Lipinski definition) is 0. The number of ether oxygens (including phenoxy) is 3. The molecule has 1 saturated heterocycles. The van der Waals surface area contributed by atoms with Crippen LogP contribution in [-0.2, 0) is 14.2 Å². The highest BCUT2D eigenvalue weighted by Crippen LogP contribution is 2.32. The van der Waals surface area contributed by atoms with Gasteiger partial charge in [0.1, 0.15) is 0 Å². The molecule has 1 heterocycles. The summed E-state index contributed by atoms with van der Waals surface area (Å²) >= 11 is 0. The first-order chi connectivity index (χ1) is 7.90. The molecule has 0 radical (unpaired) electrons. The van der Waals surface area contributed by atoms with Gasteiger partial charge in [0, 0.05) is 39.3 Å². The Bertz CT molecular complexity index is 195. The summed E-state index contributed by atoms with van der Waals surface area (Å²) < 4.78 is 16.2. The van der Waals surface area contributed by atoms with E-state index in [1.165, 1.54) is 6.42 Å². The van der Waals surface area contributed by atoms with Crippen LogP contribution in [0, 0.1) is 5.92 Å². The van der Waals surface area contributed by atoms with Crippen LogP contribution in [0.2, 0.25) is 0 Å². The van der Waals surface area contributed by atoms with Crippen LogP contribution in [0.4, 0.5) is 0 Å². The zero-order valence-corrected chi connectivity index (χ0v) is 10.2. The smallest absolute Gasteiger partial charge is 0.0626 e. The summed E-state index contributed by atoms with van der Waals surface area (Å²) in [6, 6.07) is 0. The molecular formula is C12H23NO3. The van der Waals surface area contributed by atoms with E-state index in [4.69, 9.17) is 14.2 Å². The van der Waals surface area contributed by atoms with Crippen LogP contribution in [0.25, 0.3) is 0 Å². The Morgan fingerprint density at radius 1 is 1.31 bits per heavy atom. The second-order valence-electron chi connectivity index (χ2n) is 4.65. The molecule has 0 aromatic carbocycles. The van der Waals surface area contributed by atoms with Gasteiger partial charge in [-0.3, -0.25) is 4.90 Å². The number of morpholine rings is 1. The van der Waals surface area contributed by atoms with Crippen molar-refractivity contribution in [3.63, 3.8) is 0 Å². The van der Waals surface area contributed by atoms with Gasteiger partial charge in [-0.05, 0) is 12.8 Å². The third-order valence-electron chi connectivity index (χ3n) is 3.36. The predicted octanol–water partition coefficient (Wildman–Crippen LogP) is 0.760. The first kappa shape index (κ1) is 12.3. The van der Waals surface area contributed by atoms with E-state index in [0.717, 1.165) is 52.5 Å². The van der Waals surface area contributed by atoms with E-state index < -0.39 is 0 Å². The minimum Gasteiger partial charge on any atom is -0.381 e. The van der Waals surface area contributed by atoms with E-state index >= 15 is 0 Å². The molecule has 0 N–H and O–H groups in total. The normalized spacial score (nSPS) is 30.6. The lowest BCUT2D eigenvalue weighted by Gasteiger charge is -2.26. The Balaban J connectivity index is 1.40. The van der Waals surface area contributed by atoms with E-state index in [2.05, 4.69) is 4.90 Å². The van der Waals surface area contributed by atoms with Gasteiger partial charge in [0.25, 0.3) is 0 Å². The van der Waals surface area contributed by atoms with Gasteiger partial charge in [-0.1, -0.05) is 0 Å². The topological polar surface area (TPSA) is 30.9 Å². The summed E-state index contributed by atoms with van der Waals surface area (Å²) in [6.07, 6.45) is 2.78. The third kappa shape index (κ3) is 4.01. The van der Waals surface area contributed by atoms with E-state index in [-0.39, 0.29) is 0 Å². The maximum absolute atomic E-state index is 5.64. The fraction of sp³-hybridized carbons (Fsp3) is 1.00. The molecule has 2 unspecified atom stereocenters. The number of methoxy groups -OCH3 is 1. The number of nitrogens with zero attached hydrogens (tertiary/aromatic N) is 1. The highest BCUT2D eigenvalue weighted by atomic mass is 16.5. The van der Waals surface area contributed by atoms with Crippen molar-refractivity contribution in [1.82, 2.24) is 4.90 Å². The SMILES string of the molecule is COC1CC1COCCCN1CCOCC1. The monoisotopic (exact) mass is 229 g/mol. The van der Waals surface area contributed by atoms with Crippen LogP contribution in [0.1, 0.15) is 12.8 Å². The van der Waals surface area contributed by atoms with Crippen LogP contribution < -0.4 is 0 Å². The van der Waals surface area contributed by atoms with Gasteiger partial charge in [-0.15, -0.1) is 0 Å². The molecule has 94 valence electrons. The summed E-state index contributed by atoms with van der Waals surface area (Å²) in [4.78, 5) is 2.45. The van der Waals surface area contributed by atoms with E-state index in [1.54, 1.807) is 7.11 Å². The Morgan fingerprint density at radius 2 is 2.12 bits per heavy atom. The van der Waals surface area contributed by atoms with E-state index in [1.807, 2.05) is 0 Å². The largest absolute Gasteiger partial charge is 0.381 e. The molecule has 0 aromatic rings. The molecule has 16 heavy (non-hydrogen) atoms. The Kier molecular flexibility index (Phi) is 5.03. The molecule has 2 aliphatic rings. The minimum absolute atomic E-state index is 0.472. The van der Waals surface area contributed by atoms with Crippen LogP contribution in [0.3, 0.4) is 0 Å². The molecule has 0 bridgehead atoms. The summed E-state index contributed by atoms with van der Waals surface area (Å²) in [5, 5.41) is 0. The maximum atomic E-state index is 5.64. The van der Waals surface area contributed by atoms with Gasteiger partial charge in [0.2, 0.25) is 0 Å². The molecule has 1 aliphatic carbocycles. The lowest BCUT2D eigenvalue weighted by atomic mass is 10.3. The number of hydrogen-bond acceptors (Lipinski definition) is 4. The zero-order valence-electron chi connectivity index (χ0n) is 10.2. The molecule has 0 aromatic heterocycles. The first-order valence-corrected chi connectivity index (χ1v) is 6.31. The van der Waals surface area contributed by atoms with Gasteiger partial charge in [-0.25, -0.2) is 0 Å². The second kappa shape index (κ2) is 6.55. The Morgan fingerprint density at radius 3 is 2.81 bits per heavy atom. The van der Waals surface area contributed by atoms with Gasteiger partial charge in [0.05, 0.1) is 25.9 Å². The lowest BCUT2D eigenvalue weighted by molar-refractivity contribution is 0.0305. The minimum atomic E-state index is 0.472. The van der Waals surface area contributed by atoms with Gasteiger partial charge in [0.15, 0.2) is 0 Å². The fourth-order valence-corrected chi connectivity index (χ4v) is 2.13. The summed E-state index contributed by atoms with van der Waals surface area (Å²) in [5.74, 6) is 0.661. The molecule has 2 rings (SSSR count). The van der Waals surface area contributed by atoms with Crippen molar-refractivity contribution in [1.29, 1.82) is 0 Å². The van der Waals surface area contributed by atoms with Crippen molar-refractivity contribution >= 4 is 0 Å². The van der Waals surface area contributed by atoms with Gasteiger partial charge >= 0.3 is 0 Å². The Hall–Kier alpha value is -0.160. The Labute approximate surface area is 97.8 Å². The quantitative estimate of drug-likeness (QED) is 0.603. The fourth-order valence-electron chi connectivity index (χ4n) is 2.13. The average Bonchev–Trinajstić information content (AvgIpc) is 3.09. The van der Waals surface area contributed by atoms with Crippen LogP contribution >= 0.6 is 0 Å². The van der Waals surface area contributed by atoms with Crippen molar-refractivity contribution in [2.75, 3.05) is 53.2 Å². The molecule has 1 saturated carbocycles. The predicted molar refractivity (Wildman–Crippen MR) is 61.6 cm³/mol. The summed E-state index contributed by atoms with van der Waals surface area (Å²) in [5.41, 5.74) is 0. The molecule has 4 nitrogen and oxygen atoms in total. The summed E-state index contributed by atoms with van der Waals surface area (Å²) in [6.45, 7) is 6.83. The molecule has 4 heteroatoms. The molecule has 2 fully saturated rings. The van der Waals surface area contributed by atoms with Crippen molar-refractivity contribution < 1.29 is 14.2 Å². The highest BCUT2D eigenvalue weighted by molar-refractivity contribution is 4.86. The lowest BCUT2D eigenvalue weighted by Crippen LogP contribution is -2.37. The zero-order chi connectivity index (χ0) is 11.2. The van der Waals surface area contributed by atoms with Crippen molar-refractivity contribution in [3.05, 3.63) is 0 Å². The summed E-state index contributed by atoms with van der Waals surface area (Å²) in [7, 11) is 1.78. The van der Waals surface area contributed by atoms with Crippen molar-refractivity contribution in [2.45, 2.75) is 18.9 Å². The first-order valence-electron chi connectivity index (χ1n) is 6.31. The molecule has 1 aliphatic heterocycles. The van der Waals surface area contributed by atoms with E-state index in [0.29, 0.717) is 12.0 Å². The van der Waals surface area contributed by atoms with E-state index in [9.17, 15) is 0 Å². The van der Waals surface area contributed by atoms with Crippen LogP contribution in [-0.4, -0.2) is 64.2 Å². The maximum Gasteiger partial charge on any atom is 0.0626 e. The molecule has 2 atom stereocenters. The standard InChI is InChI=1S/C12H23NO3/c1-14-12-9-11(12)10-16-6-2-3-13-4-7-15-8-5-13/h11-12H,2-10H2,1H3. The van der Waals surface area contributed by atoms with Gasteiger partial charge in [-0.2, -0.15) is 0 Å². The van der Waals surface area contributed by atoms with Gasteiger partial charge < -0.3 is 14.2 Å². The van der Waals surface area contributed by atoms with Crippen LogP contribution in [0.5, 0.6) is 0 Å². The molecule has 0 spiro atoms. The average molecular weight is 229 g/mol. The second-order valence-corrected chi connectivity index (χ2v) is 4.65. The third-order valence-corrected chi connectivity index (χ3v) is 3.36.